The summed E-state index contributed by atoms with van der Waals surface area (Å²) in [5, 5.41) is 1.92. The number of hydrogen-bond donors (Lipinski definition) is 0. The van der Waals surface area contributed by atoms with E-state index < -0.39 is 5.82 Å². The fraction of sp³-hybridized carbons (Fsp3) is 0.143. The zero-order chi connectivity index (χ0) is 13.4. The van der Waals surface area contributed by atoms with Crippen LogP contribution in [0.1, 0.15) is 21.6 Å². The van der Waals surface area contributed by atoms with E-state index in [2.05, 4.69) is 4.98 Å². The van der Waals surface area contributed by atoms with Gasteiger partial charge in [0.05, 0.1) is 17.7 Å². The maximum absolute atomic E-state index is 13.6. The standard InChI is InChI=1S/C14H11FN2OS/c1-9-2-3-12(15)11(6-9)13(18)7-10-8-17-4-5-19-14(17)16-10/h2-6,8H,7H2,1H3. The minimum Gasteiger partial charge on any atom is -0.297 e. The van der Waals surface area contributed by atoms with E-state index in [1.54, 1.807) is 18.3 Å². The summed E-state index contributed by atoms with van der Waals surface area (Å²) < 4.78 is 15.5. The van der Waals surface area contributed by atoms with Gasteiger partial charge in [0.25, 0.3) is 0 Å². The number of halogens is 1. The molecule has 3 rings (SSSR count). The van der Waals surface area contributed by atoms with Gasteiger partial charge in [-0.3, -0.25) is 9.20 Å². The van der Waals surface area contributed by atoms with Crippen molar-refractivity contribution in [1.82, 2.24) is 9.38 Å². The van der Waals surface area contributed by atoms with E-state index in [9.17, 15) is 9.18 Å². The van der Waals surface area contributed by atoms with Crippen LogP contribution in [0.2, 0.25) is 0 Å². The predicted octanol–water partition coefficient (Wildman–Crippen LogP) is 3.27. The number of fused-ring (bicyclic) bond motifs is 1. The largest absolute Gasteiger partial charge is 0.297 e. The van der Waals surface area contributed by atoms with Crippen molar-refractivity contribution in [3.05, 3.63) is 58.6 Å². The van der Waals surface area contributed by atoms with E-state index in [-0.39, 0.29) is 17.8 Å². The molecule has 96 valence electrons. The molecule has 0 spiro atoms. The van der Waals surface area contributed by atoms with Crippen LogP contribution in [0.25, 0.3) is 4.96 Å². The number of thiazole rings is 1. The van der Waals surface area contributed by atoms with Gasteiger partial charge in [-0.1, -0.05) is 11.6 Å². The topological polar surface area (TPSA) is 34.4 Å². The molecule has 2 heterocycles. The molecular weight excluding hydrogens is 263 g/mol. The molecule has 0 bridgehead atoms. The van der Waals surface area contributed by atoms with Crippen LogP contribution in [0.15, 0.2) is 36.0 Å². The molecule has 5 heteroatoms. The smallest absolute Gasteiger partial charge is 0.193 e. The molecule has 2 aromatic heterocycles. The van der Waals surface area contributed by atoms with Gasteiger partial charge in [-0.2, -0.15) is 0 Å². The molecule has 0 amide bonds. The Kier molecular flexibility index (Phi) is 2.91. The second-order valence-electron chi connectivity index (χ2n) is 4.41. The molecule has 0 atom stereocenters. The lowest BCUT2D eigenvalue weighted by Gasteiger charge is -2.02. The van der Waals surface area contributed by atoms with Gasteiger partial charge in [-0.15, -0.1) is 11.3 Å². The number of Topliss-reactive ketones (excluding diaryl/α,β-unsaturated/α-hetero) is 1. The Morgan fingerprint density at radius 3 is 3.11 bits per heavy atom. The first-order valence-corrected chi connectivity index (χ1v) is 6.72. The third-order valence-electron chi connectivity index (χ3n) is 2.91. The maximum atomic E-state index is 13.6. The second kappa shape index (κ2) is 4.59. The van der Waals surface area contributed by atoms with Crippen molar-refractivity contribution < 1.29 is 9.18 Å². The number of hydrogen-bond acceptors (Lipinski definition) is 3. The molecule has 0 unspecified atom stereocenters. The lowest BCUT2D eigenvalue weighted by atomic mass is 10.0. The van der Waals surface area contributed by atoms with E-state index >= 15 is 0 Å². The van der Waals surface area contributed by atoms with E-state index in [0.717, 1.165) is 10.5 Å². The van der Waals surface area contributed by atoms with Crippen molar-refractivity contribution in [1.29, 1.82) is 0 Å². The minimum atomic E-state index is -0.475. The normalized spacial score (nSPS) is 11.1. The second-order valence-corrected chi connectivity index (χ2v) is 5.28. The molecule has 0 aliphatic rings. The van der Waals surface area contributed by atoms with Crippen LogP contribution >= 0.6 is 11.3 Å². The van der Waals surface area contributed by atoms with Crippen molar-refractivity contribution in [3.63, 3.8) is 0 Å². The average molecular weight is 274 g/mol. The van der Waals surface area contributed by atoms with Crippen molar-refractivity contribution in [3.8, 4) is 0 Å². The first-order valence-electron chi connectivity index (χ1n) is 5.84. The summed E-state index contributed by atoms with van der Waals surface area (Å²) in [6.45, 7) is 1.84. The Hall–Kier alpha value is -2.01. The Morgan fingerprint density at radius 2 is 2.32 bits per heavy atom. The number of aromatic nitrogens is 2. The number of aryl methyl sites for hydroxylation is 1. The van der Waals surface area contributed by atoms with Crippen LogP contribution in [-0.2, 0) is 6.42 Å². The third kappa shape index (κ3) is 2.29. The van der Waals surface area contributed by atoms with Crippen molar-refractivity contribution in [2.75, 3.05) is 0 Å². The average Bonchev–Trinajstić information content (AvgIpc) is 2.92. The molecule has 0 radical (unpaired) electrons. The van der Waals surface area contributed by atoms with Crippen LogP contribution in [0, 0.1) is 12.7 Å². The fourth-order valence-electron chi connectivity index (χ4n) is 1.97. The Bertz CT molecular complexity index is 731. The van der Waals surface area contributed by atoms with Crippen LogP contribution in [0.5, 0.6) is 0 Å². The number of benzene rings is 1. The van der Waals surface area contributed by atoms with Gasteiger partial charge in [-0.05, 0) is 19.1 Å². The highest BCUT2D eigenvalue weighted by atomic mass is 32.1. The molecule has 0 aliphatic carbocycles. The molecule has 0 fully saturated rings. The SMILES string of the molecule is Cc1ccc(F)c(C(=O)Cc2cn3ccsc3n2)c1. The number of rotatable bonds is 3. The Morgan fingerprint density at radius 1 is 1.47 bits per heavy atom. The fourth-order valence-corrected chi connectivity index (χ4v) is 2.69. The predicted molar refractivity (Wildman–Crippen MR) is 72.2 cm³/mol. The summed E-state index contributed by atoms with van der Waals surface area (Å²) in [7, 11) is 0. The maximum Gasteiger partial charge on any atom is 0.193 e. The summed E-state index contributed by atoms with van der Waals surface area (Å²) >= 11 is 1.50. The van der Waals surface area contributed by atoms with Crippen molar-refractivity contribution in [2.45, 2.75) is 13.3 Å². The summed E-state index contributed by atoms with van der Waals surface area (Å²) in [6.07, 6.45) is 3.81. The van der Waals surface area contributed by atoms with E-state index in [4.69, 9.17) is 0 Å². The van der Waals surface area contributed by atoms with E-state index in [1.807, 2.05) is 22.9 Å². The van der Waals surface area contributed by atoms with Gasteiger partial charge in [-0.25, -0.2) is 9.37 Å². The van der Waals surface area contributed by atoms with Gasteiger partial charge in [0, 0.05) is 17.8 Å². The van der Waals surface area contributed by atoms with Crippen LogP contribution in [0.4, 0.5) is 4.39 Å². The van der Waals surface area contributed by atoms with Crippen molar-refractivity contribution >= 4 is 22.1 Å². The Balaban J connectivity index is 1.88. The minimum absolute atomic E-state index is 0.120. The van der Waals surface area contributed by atoms with Crippen LogP contribution < -0.4 is 0 Å². The highest BCUT2D eigenvalue weighted by Crippen LogP contribution is 2.16. The number of nitrogens with zero attached hydrogens (tertiary/aromatic N) is 2. The molecule has 3 nitrogen and oxygen atoms in total. The zero-order valence-corrected chi connectivity index (χ0v) is 11.1. The van der Waals surface area contributed by atoms with Crippen LogP contribution in [-0.4, -0.2) is 15.2 Å². The van der Waals surface area contributed by atoms with Gasteiger partial charge >= 0.3 is 0 Å². The number of ketones is 1. The summed E-state index contributed by atoms with van der Waals surface area (Å²) in [4.78, 5) is 17.3. The van der Waals surface area contributed by atoms with E-state index in [0.29, 0.717) is 5.69 Å². The molecule has 0 saturated carbocycles. The summed E-state index contributed by atoms with van der Waals surface area (Å²) in [6, 6.07) is 4.56. The van der Waals surface area contributed by atoms with Gasteiger partial charge in [0.1, 0.15) is 5.82 Å². The number of carbonyl (C=O) groups excluding carboxylic acids is 1. The molecule has 0 N–H and O–H groups in total. The summed E-state index contributed by atoms with van der Waals surface area (Å²) in [5.74, 6) is -0.719. The molecule has 0 saturated heterocycles. The van der Waals surface area contributed by atoms with Gasteiger partial charge in [0.15, 0.2) is 10.7 Å². The lowest BCUT2D eigenvalue weighted by molar-refractivity contribution is 0.0988. The lowest BCUT2D eigenvalue weighted by Crippen LogP contribution is -2.06. The highest BCUT2D eigenvalue weighted by molar-refractivity contribution is 7.15. The van der Waals surface area contributed by atoms with Crippen molar-refractivity contribution in [2.24, 2.45) is 0 Å². The van der Waals surface area contributed by atoms with Gasteiger partial charge in [0.2, 0.25) is 0 Å². The Labute approximate surface area is 113 Å². The first kappa shape index (κ1) is 12.0. The molecule has 0 aliphatic heterocycles. The molecule has 3 aromatic rings. The molecule has 19 heavy (non-hydrogen) atoms. The zero-order valence-electron chi connectivity index (χ0n) is 10.3. The molecule has 1 aromatic carbocycles. The third-order valence-corrected chi connectivity index (χ3v) is 3.68. The first-order chi connectivity index (χ1) is 9.13. The number of imidazole rings is 1. The summed E-state index contributed by atoms with van der Waals surface area (Å²) in [5.41, 5.74) is 1.67. The molecular formula is C14H11FN2OS. The van der Waals surface area contributed by atoms with Gasteiger partial charge < -0.3 is 0 Å². The highest BCUT2D eigenvalue weighted by Gasteiger charge is 2.14. The quantitative estimate of drug-likeness (QED) is 0.687. The number of carbonyl (C=O) groups is 1. The van der Waals surface area contributed by atoms with Crippen LogP contribution in [0.3, 0.4) is 0 Å². The monoisotopic (exact) mass is 274 g/mol. The van der Waals surface area contributed by atoms with E-state index in [1.165, 1.54) is 17.4 Å².